The van der Waals surface area contributed by atoms with Gasteiger partial charge in [0, 0.05) is 18.3 Å². The van der Waals surface area contributed by atoms with E-state index in [0.717, 1.165) is 0 Å². The van der Waals surface area contributed by atoms with Gasteiger partial charge in [-0.05, 0) is 0 Å². The smallest absolute Gasteiger partial charge is 0.391 e. The van der Waals surface area contributed by atoms with E-state index < -0.39 is 23.8 Å². The highest BCUT2D eigenvalue weighted by molar-refractivity contribution is 5.99. The maximum Gasteiger partial charge on any atom is 0.391 e. The fourth-order valence-electron chi connectivity index (χ4n) is 0.651. The van der Waals surface area contributed by atoms with Gasteiger partial charge in [-0.2, -0.15) is 0 Å². The van der Waals surface area contributed by atoms with E-state index in [4.69, 9.17) is 11.6 Å². The molecular weight excluding hydrogens is 230 g/mol. The van der Waals surface area contributed by atoms with Crippen molar-refractivity contribution in [3.63, 3.8) is 0 Å². The van der Waals surface area contributed by atoms with Gasteiger partial charge in [0.05, 0.1) is 6.42 Å². The molecule has 0 unspecified atom stereocenters. The van der Waals surface area contributed by atoms with Crippen molar-refractivity contribution in [2.45, 2.75) is 12.8 Å². The molecule has 0 bridgehead atoms. The molecule has 0 aliphatic carbocycles. The quantitative estimate of drug-likeness (QED) is 0.103. The van der Waals surface area contributed by atoms with Crippen molar-refractivity contribution in [2.75, 3.05) is 0 Å². The van der Waals surface area contributed by atoms with Crippen LogP contribution in [0.1, 0.15) is 12.8 Å². The minimum atomic E-state index is -1.14. The summed E-state index contributed by atoms with van der Waals surface area (Å²) in [6, 6.07) is 0. The van der Waals surface area contributed by atoms with E-state index in [1.807, 2.05) is 0 Å². The molecule has 0 aliphatic rings. The molecule has 0 radical (unpaired) electrons. The van der Waals surface area contributed by atoms with Gasteiger partial charge in [0.25, 0.3) is 0 Å². The standard InChI is InChI=1S/C10H7NO6/c1-3-8(12)16-7(11-15)5-6-10(14)17-9(13)4-2/h1-2,15H,5-6H2/b11-7-. The van der Waals surface area contributed by atoms with Crippen molar-refractivity contribution < 1.29 is 29.1 Å². The number of hydrogen-bond acceptors (Lipinski definition) is 7. The second kappa shape index (κ2) is 7.49. The minimum absolute atomic E-state index is 0.277. The maximum absolute atomic E-state index is 10.9. The lowest BCUT2D eigenvalue weighted by atomic mass is 10.3. The largest absolute Gasteiger partial charge is 0.408 e. The molecule has 0 heterocycles. The Morgan fingerprint density at radius 3 is 2.06 bits per heavy atom. The van der Waals surface area contributed by atoms with Crippen molar-refractivity contribution >= 4 is 23.8 Å². The molecule has 0 aromatic heterocycles. The second-order valence-corrected chi connectivity index (χ2v) is 2.43. The number of nitrogens with zero attached hydrogens (tertiary/aromatic N) is 1. The number of oxime groups is 1. The Morgan fingerprint density at radius 1 is 1.06 bits per heavy atom. The number of carbonyl (C=O) groups excluding carboxylic acids is 3. The lowest BCUT2D eigenvalue weighted by molar-refractivity contribution is -0.155. The van der Waals surface area contributed by atoms with Crippen LogP contribution in [-0.4, -0.2) is 29.0 Å². The Balaban J connectivity index is 4.14. The molecule has 0 fully saturated rings. The highest BCUT2D eigenvalue weighted by atomic mass is 16.6. The Hall–Kier alpha value is -2.80. The predicted octanol–water partition coefficient (Wildman–Crippen LogP) is -0.566. The van der Waals surface area contributed by atoms with E-state index >= 15 is 0 Å². The first-order valence-electron chi connectivity index (χ1n) is 4.14. The highest BCUT2D eigenvalue weighted by Crippen LogP contribution is 1.98. The Bertz CT molecular complexity index is 437. The fourth-order valence-corrected chi connectivity index (χ4v) is 0.651. The zero-order valence-corrected chi connectivity index (χ0v) is 8.50. The van der Waals surface area contributed by atoms with E-state index in [0.29, 0.717) is 0 Å². The molecule has 0 aliphatic heterocycles. The molecule has 0 amide bonds. The molecule has 0 atom stereocenters. The van der Waals surface area contributed by atoms with Crippen molar-refractivity contribution in [3.05, 3.63) is 0 Å². The third-order valence-electron chi connectivity index (χ3n) is 1.31. The third-order valence-corrected chi connectivity index (χ3v) is 1.31. The van der Waals surface area contributed by atoms with Crippen LogP contribution in [0.3, 0.4) is 0 Å². The summed E-state index contributed by atoms with van der Waals surface area (Å²) in [6.45, 7) is 0. The molecule has 0 saturated carbocycles. The van der Waals surface area contributed by atoms with Crippen LogP contribution in [0.25, 0.3) is 0 Å². The molecule has 7 heteroatoms. The molecule has 1 N–H and O–H groups in total. The molecule has 0 saturated heterocycles. The van der Waals surface area contributed by atoms with Crippen molar-refractivity contribution in [3.8, 4) is 24.7 Å². The summed E-state index contributed by atoms with van der Waals surface area (Å²) in [6.07, 6.45) is 8.70. The van der Waals surface area contributed by atoms with Gasteiger partial charge in [-0.3, -0.25) is 4.79 Å². The monoisotopic (exact) mass is 237 g/mol. The number of carbonyl (C=O) groups is 3. The lowest BCUT2D eigenvalue weighted by Gasteiger charge is -2.01. The fraction of sp³-hybridized carbons (Fsp3) is 0.200. The number of rotatable bonds is 3. The summed E-state index contributed by atoms with van der Waals surface area (Å²) in [5.41, 5.74) is 0. The topological polar surface area (TPSA) is 102 Å². The molecule has 0 aromatic rings. The average molecular weight is 237 g/mol. The predicted molar refractivity (Wildman–Crippen MR) is 53.3 cm³/mol. The van der Waals surface area contributed by atoms with E-state index in [9.17, 15) is 14.4 Å². The van der Waals surface area contributed by atoms with Gasteiger partial charge < -0.3 is 14.7 Å². The molecular formula is C10H7NO6. The first-order chi connectivity index (χ1) is 8.03. The van der Waals surface area contributed by atoms with Crippen molar-refractivity contribution in [1.29, 1.82) is 0 Å². The van der Waals surface area contributed by atoms with Crippen LogP contribution in [-0.2, 0) is 23.9 Å². The zero-order chi connectivity index (χ0) is 13.3. The minimum Gasteiger partial charge on any atom is -0.408 e. The zero-order valence-electron chi connectivity index (χ0n) is 8.50. The van der Waals surface area contributed by atoms with Crippen LogP contribution in [0.15, 0.2) is 5.16 Å². The molecule has 0 rings (SSSR count). The Morgan fingerprint density at radius 2 is 1.59 bits per heavy atom. The van der Waals surface area contributed by atoms with E-state index in [-0.39, 0.29) is 12.8 Å². The van der Waals surface area contributed by atoms with Crippen LogP contribution in [0.2, 0.25) is 0 Å². The molecule has 17 heavy (non-hydrogen) atoms. The molecule has 0 spiro atoms. The SMILES string of the molecule is C#CC(=O)OC(=O)CC/C(=N/O)OC(=O)C#C. The first kappa shape index (κ1) is 14.2. The number of terminal acetylenes is 2. The van der Waals surface area contributed by atoms with Crippen LogP contribution in [0.5, 0.6) is 0 Å². The van der Waals surface area contributed by atoms with Gasteiger partial charge in [-0.25, -0.2) is 9.59 Å². The van der Waals surface area contributed by atoms with Crippen LogP contribution >= 0.6 is 0 Å². The number of ether oxygens (including phenoxy) is 2. The summed E-state index contributed by atoms with van der Waals surface area (Å²) in [5.74, 6) is -0.471. The van der Waals surface area contributed by atoms with Gasteiger partial charge in [0.1, 0.15) is 0 Å². The first-order valence-corrected chi connectivity index (χ1v) is 4.14. The summed E-state index contributed by atoms with van der Waals surface area (Å²) in [7, 11) is 0. The van der Waals surface area contributed by atoms with Gasteiger partial charge >= 0.3 is 17.9 Å². The maximum atomic E-state index is 10.9. The normalized spacial score (nSPS) is 9.65. The Kier molecular flexibility index (Phi) is 6.25. The van der Waals surface area contributed by atoms with Gasteiger partial charge in [0.15, 0.2) is 0 Å². The number of esters is 3. The van der Waals surface area contributed by atoms with Gasteiger partial charge in [-0.1, -0.05) is 5.16 Å². The third kappa shape index (κ3) is 6.31. The number of hydrogen-bond donors (Lipinski definition) is 1. The molecule has 0 aromatic carbocycles. The Labute approximate surface area is 96.4 Å². The molecule has 7 nitrogen and oxygen atoms in total. The second-order valence-electron chi connectivity index (χ2n) is 2.43. The summed E-state index contributed by atoms with van der Waals surface area (Å²) >= 11 is 0. The highest BCUT2D eigenvalue weighted by Gasteiger charge is 2.13. The summed E-state index contributed by atoms with van der Waals surface area (Å²) < 4.78 is 8.42. The van der Waals surface area contributed by atoms with Crippen LogP contribution in [0, 0.1) is 24.7 Å². The van der Waals surface area contributed by atoms with Gasteiger partial charge in [0.2, 0.25) is 5.90 Å². The van der Waals surface area contributed by atoms with Crippen LogP contribution in [0.4, 0.5) is 0 Å². The van der Waals surface area contributed by atoms with E-state index in [1.165, 1.54) is 0 Å². The summed E-state index contributed by atoms with van der Waals surface area (Å²) in [4.78, 5) is 32.0. The van der Waals surface area contributed by atoms with Gasteiger partial charge in [-0.15, -0.1) is 12.8 Å². The van der Waals surface area contributed by atoms with Crippen molar-refractivity contribution in [2.24, 2.45) is 5.16 Å². The van der Waals surface area contributed by atoms with E-state index in [2.05, 4.69) is 21.1 Å². The molecule has 88 valence electrons. The van der Waals surface area contributed by atoms with E-state index in [1.54, 1.807) is 11.8 Å². The average Bonchev–Trinajstić information content (AvgIpc) is 2.33. The lowest BCUT2D eigenvalue weighted by Crippen LogP contribution is -2.15. The summed E-state index contributed by atoms with van der Waals surface area (Å²) in [5, 5.41) is 11.0. The van der Waals surface area contributed by atoms with Crippen molar-refractivity contribution in [1.82, 2.24) is 0 Å². The van der Waals surface area contributed by atoms with Crippen LogP contribution < -0.4 is 0 Å².